The second kappa shape index (κ2) is 24.4. The lowest BCUT2D eigenvalue weighted by Crippen LogP contribution is -1.98. The third-order valence-electron chi connectivity index (χ3n) is 9.19. The van der Waals surface area contributed by atoms with Gasteiger partial charge in [0.2, 0.25) is 23.3 Å². The highest BCUT2D eigenvalue weighted by Gasteiger charge is 2.17. The minimum Gasteiger partial charge on any atom is -0.334 e. The fourth-order valence-corrected chi connectivity index (χ4v) is 5.66. The van der Waals surface area contributed by atoms with Gasteiger partial charge in [-0.05, 0) is 100 Å². The summed E-state index contributed by atoms with van der Waals surface area (Å²) < 4.78 is 0. The van der Waals surface area contributed by atoms with Crippen molar-refractivity contribution >= 4 is 68.8 Å². The van der Waals surface area contributed by atoms with E-state index >= 15 is 0 Å². The van der Waals surface area contributed by atoms with Gasteiger partial charge in [-0.15, -0.1) is 0 Å². The van der Waals surface area contributed by atoms with Crippen molar-refractivity contribution in [1.29, 1.82) is 0 Å². The van der Waals surface area contributed by atoms with Crippen molar-refractivity contribution in [2.45, 2.75) is 27.7 Å². The summed E-state index contributed by atoms with van der Waals surface area (Å²) in [4.78, 5) is 57.2. The van der Waals surface area contributed by atoms with Crippen LogP contribution >= 0.6 is 0 Å². The molecule has 4 heterocycles. The number of nitro groups is 4. The first-order chi connectivity index (χ1) is 32.7. The van der Waals surface area contributed by atoms with E-state index in [4.69, 9.17) is 0 Å². The van der Waals surface area contributed by atoms with Crippen LogP contribution in [0.1, 0.15) is 22.3 Å². The first-order valence-corrected chi connectivity index (χ1v) is 20.4. The number of rotatable bonds is 12. The third-order valence-corrected chi connectivity index (χ3v) is 9.19. The van der Waals surface area contributed by atoms with Crippen LogP contribution in [0.15, 0.2) is 170 Å². The summed E-state index contributed by atoms with van der Waals surface area (Å²) in [6.45, 7) is 7.92. The highest BCUT2D eigenvalue weighted by atomic mass is 16.6. The lowest BCUT2D eigenvalue weighted by atomic mass is 10.2. The summed E-state index contributed by atoms with van der Waals surface area (Å²) in [5, 5.41) is 54.9. The molecule has 4 aromatic carbocycles. The Morgan fingerprint density at radius 1 is 0.309 bits per heavy atom. The van der Waals surface area contributed by atoms with Gasteiger partial charge in [0.15, 0.2) is 0 Å². The van der Waals surface area contributed by atoms with Crippen molar-refractivity contribution in [3.63, 3.8) is 0 Å². The Kier molecular flexibility index (Phi) is 17.7. The Balaban J connectivity index is 0.000000169. The second-order valence-electron chi connectivity index (χ2n) is 14.5. The zero-order chi connectivity index (χ0) is 49.0. The molecule has 344 valence electrons. The van der Waals surface area contributed by atoms with E-state index in [2.05, 4.69) is 41.2 Å². The van der Waals surface area contributed by atoms with E-state index in [1.165, 1.54) is 49.1 Å². The Bertz CT molecular complexity index is 2550. The van der Waals surface area contributed by atoms with E-state index < -0.39 is 19.7 Å². The molecule has 0 aliphatic carbocycles. The molecule has 8 rings (SSSR count). The summed E-state index contributed by atoms with van der Waals surface area (Å²) in [6.07, 6.45) is 6.07. The first kappa shape index (κ1) is 49.3. The van der Waals surface area contributed by atoms with Crippen LogP contribution < -0.4 is 21.3 Å². The Morgan fingerprint density at radius 3 is 0.647 bits per heavy atom. The van der Waals surface area contributed by atoms with E-state index in [0.29, 0.717) is 0 Å². The molecule has 0 aliphatic rings. The molecule has 0 radical (unpaired) electrons. The van der Waals surface area contributed by atoms with Gasteiger partial charge in [0.25, 0.3) is 0 Å². The van der Waals surface area contributed by atoms with Gasteiger partial charge in [0.05, 0.1) is 19.7 Å². The van der Waals surface area contributed by atoms with Gasteiger partial charge < -0.3 is 21.3 Å². The molecule has 0 aliphatic heterocycles. The molecule has 4 N–H and O–H groups in total. The number of nitrogens with one attached hydrogen (secondary N) is 4. The smallest absolute Gasteiger partial charge is 0.311 e. The third kappa shape index (κ3) is 15.2. The Hall–Kier alpha value is -9.72. The fraction of sp³-hybridized carbons (Fsp3) is 0.0833. The number of aryl methyl sites for hydroxylation is 4. The lowest BCUT2D eigenvalue weighted by molar-refractivity contribution is -0.384. The number of nitrogens with zero attached hydrogens (tertiary/aromatic N) is 8. The number of pyridine rings is 4. The minimum absolute atomic E-state index is 0.0342. The maximum atomic E-state index is 10.8. The van der Waals surface area contributed by atoms with Crippen LogP contribution in [0.2, 0.25) is 0 Å². The van der Waals surface area contributed by atoms with E-state index in [-0.39, 0.29) is 46.0 Å². The molecule has 0 bridgehead atoms. The Morgan fingerprint density at radius 2 is 0.485 bits per heavy atom. The van der Waals surface area contributed by atoms with E-state index in [1.807, 2.05) is 125 Å². The van der Waals surface area contributed by atoms with E-state index in [1.54, 1.807) is 24.3 Å². The SMILES string of the molecule is Cc1ccc(Nc2ncccc2[N+](=O)[O-])cc1.Cc1ccc(Nc2ncccc2[N+](=O)[O-])cc1.Cc1ccc(Nc2ncccc2[N+](=O)[O-])cc1.Cc1ccc(Nc2ncccc2[N+](=O)[O-])cc1. The molecule has 8 aromatic rings. The van der Waals surface area contributed by atoms with Gasteiger partial charge in [-0.2, -0.15) is 0 Å². The van der Waals surface area contributed by atoms with Crippen LogP contribution in [0, 0.1) is 68.2 Å². The molecule has 0 unspecified atom stereocenters. The van der Waals surface area contributed by atoms with E-state index in [0.717, 1.165) is 45.0 Å². The topological polar surface area (TPSA) is 272 Å². The van der Waals surface area contributed by atoms with Crippen LogP contribution in [0.3, 0.4) is 0 Å². The second-order valence-corrected chi connectivity index (χ2v) is 14.5. The molecule has 0 saturated carbocycles. The number of aromatic nitrogens is 4. The molecule has 20 nitrogen and oxygen atoms in total. The molecule has 20 heteroatoms. The summed E-state index contributed by atoms with van der Waals surface area (Å²) in [7, 11) is 0. The van der Waals surface area contributed by atoms with Crippen molar-refractivity contribution in [2.24, 2.45) is 0 Å². The minimum atomic E-state index is -0.455. The van der Waals surface area contributed by atoms with Gasteiger partial charge in [-0.3, -0.25) is 40.5 Å². The lowest BCUT2D eigenvalue weighted by Gasteiger charge is -2.05. The molecule has 0 amide bonds. The van der Waals surface area contributed by atoms with Crippen molar-refractivity contribution < 1.29 is 19.7 Å². The quantitative estimate of drug-likeness (QED) is 0.0655. The summed E-state index contributed by atoms with van der Waals surface area (Å²) in [5.41, 5.74) is 7.49. The van der Waals surface area contributed by atoms with E-state index in [9.17, 15) is 40.5 Å². The molecular weight excluding hydrogens is 873 g/mol. The van der Waals surface area contributed by atoms with Gasteiger partial charge in [-0.1, -0.05) is 70.8 Å². The number of benzene rings is 4. The monoisotopic (exact) mass is 916 g/mol. The maximum absolute atomic E-state index is 10.8. The standard InChI is InChI=1S/4C12H11N3O2/c4*1-9-4-6-10(7-5-9)14-12-11(15(16)17)3-2-8-13-12/h4*2-8H,1H3,(H,13,14). The fourth-order valence-electron chi connectivity index (χ4n) is 5.66. The normalized spacial score (nSPS) is 9.94. The van der Waals surface area contributed by atoms with Gasteiger partial charge >= 0.3 is 22.7 Å². The highest BCUT2D eigenvalue weighted by molar-refractivity contribution is 5.68. The molecule has 0 spiro atoms. The zero-order valence-corrected chi connectivity index (χ0v) is 37.0. The Labute approximate surface area is 389 Å². The van der Waals surface area contributed by atoms with Crippen molar-refractivity contribution in [2.75, 3.05) is 21.3 Å². The highest BCUT2D eigenvalue weighted by Crippen LogP contribution is 2.28. The van der Waals surface area contributed by atoms with Crippen molar-refractivity contribution in [3.05, 3.63) is 233 Å². The predicted octanol–water partition coefficient (Wildman–Crippen LogP) is 12.2. The van der Waals surface area contributed by atoms with Crippen LogP contribution in [0.4, 0.5) is 68.8 Å². The largest absolute Gasteiger partial charge is 0.334 e. The number of anilines is 8. The van der Waals surface area contributed by atoms with Gasteiger partial charge in [0.1, 0.15) is 0 Å². The van der Waals surface area contributed by atoms with Crippen molar-refractivity contribution in [1.82, 2.24) is 19.9 Å². The average Bonchev–Trinajstić information content (AvgIpc) is 3.33. The molecule has 4 aromatic heterocycles. The van der Waals surface area contributed by atoms with Crippen molar-refractivity contribution in [3.8, 4) is 0 Å². The van der Waals surface area contributed by atoms with Crippen LogP contribution in [-0.2, 0) is 0 Å². The van der Waals surface area contributed by atoms with Crippen LogP contribution in [-0.4, -0.2) is 39.6 Å². The van der Waals surface area contributed by atoms with Crippen LogP contribution in [0.5, 0.6) is 0 Å². The zero-order valence-electron chi connectivity index (χ0n) is 37.0. The maximum Gasteiger partial charge on any atom is 0.311 e. The summed E-state index contributed by atoms with van der Waals surface area (Å²) >= 11 is 0. The average molecular weight is 917 g/mol. The van der Waals surface area contributed by atoms with Gasteiger partial charge in [-0.25, -0.2) is 19.9 Å². The molecule has 68 heavy (non-hydrogen) atoms. The molecule has 0 atom stereocenters. The number of hydrogen-bond donors (Lipinski definition) is 4. The molecular formula is C48H44N12O8. The van der Waals surface area contributed by atoms with Crippen LogP contribution in [0.25, 0.3) is 0 Å². The van der Waals surface area contributed by atoms with Gasteiger partial charge in [0, 0.05) is 71.8 Å². The summed E-state index contributed by atoms with van der Waals surface area (Å²) in [6, 6.07) is 42.1. The predicted molar refractivity (Wildman–Crippen MR) is 261 cm³/mol. The first-order valence-electron chi connectivity index (χ1n) is 20.4. The molecule has 0 saturated heterocycles. The summed E-state index contributed by atoms with van der Waals surface area (Å²) in [5.74, 6) is 1.01. The number of hydrogen-bond acceptors (Lipinski definition) is 16. The molecule has 0 fully saturated rings.